The molecule has 0 spiro atoms. The molecule has 0 amide bonds. The van der Waals surface area contributed by atoms with Crippen molar-refractivity contribution in [2.24, 2.45) is 0 Å². The third-order valence-corrected chi connectivity index (χ3v) is 9.35. The molecule has 4 heterocycles. The van der Waals surface area contributed by atoms with Crippen molar-refractivity contribution in [2.75, 3.05) is 55.4 Å². The standard InChI is InChI=1S/C29H32N6O5S/c1-41(37,38)25-11-13-33(14-12-25)24-4-2-3-21(19-24)20-35-27(36)10-9-26(31-35)29-30-28(32-40-29)22-5-7-23(8-6-22)34-15-17-39-18-16-34/h2-10,19,25H,11-18,20H2,1H3. The Kier molecular flexibility index (Phi) is 7.59. The molecule has 2 fully saturated rings. The van der Waals surface area contributed by atoms with E-state index in [2.05, 4.69) is 25.0 Å². The van der Waals surface area contributed by atoms with Crippen molar-refractivity contribution in [2.45, 2.75) is 24.6 Å². The Balaban J connectivity index is 1.16. The lowest BCUT2D eigenvalue weighted by Crippen LogP contribution is -2.39. The van der Waals surface area contributed by atoms with Gasteiger partial charge in [-0.2, -0.15) is 10.1 Å². The van der Waals surface area contributed by atoms with Gasteiger partial charge < -0.3 is 19.1 Å². The fourth-order valence-electron chi connectivity index (χ4n) is 5.33. The first-order valence-electron chi connectivity index (χ1n) is 13.7. The van der Waals surface area contributed by atoms with Gasteiger partial charge in [-0.05, 0) is 60.9 Å². The van der Waals surface area contributed by atoms with E-state index in [0.29, 0.717) is 37.4 Å². The first-order chi connectivity index (χ1) is 19.8. The number of nitrogens with zero attached hydrogens (tertiary/aromatic N) is 6. The Morgan fingerprint density at radius 1 is 0.902 bits per heavy atom. The minimum atomic E-state index is -3.03. The van der Waals surface area contributed by atoms with Gasteiger partial charge in [0, 0.05) is 55.4 Å². The summed E-state index contributed by atoms with van der Waals surface area (Å²) in [4.78, 5) is 21.7. The molecule has 0 saturated carbocycles. The highest BCUT2D eigenvalue weighted by molar-refractivity contribution is 7.91. The summed E-state index contributed by atoms with van der Waals surface area (Å²) in [5.41, 5.74) is 4.02. The van der Waals surface area contributed by atoms with Crippen LogP contribution in [-0.4, -0.2) is 79.2 Å². The fourth-order valence-corrected chi connectivity index (χ4v) is 6.40. The normalized spacial score (nSPS) is 16.7. The van der Waals surface area contributed by atoms with E-state index in [9.17, 15) is 13.2 Å². The summed E-state index contributed by atoms with van der Waals surface area (Å²) in [6, 6.07) is 18.9. The SMILES string of the molecule is CS(=O)(=O)C1CCN(c2cccc(Cn3nc(-c4nc(-c5ccc(N6CCOCC6)cc5)no4)ccc3=O)c2)CC1. The van der Waals surface area contributed by atoms with Gasteiger partial charge in [0.25, 0.3) is 11.4 Å². The average Bonchev–Trinajstić information content (AvgIpc) is 3.49. The summed E-state index contributed by atoms with van der Waals surface area (Å²) >= 11 is 0. The number of anilines is 2. The highest BCUT2D eigenvalue weighted by Gasteiger charge is 2.26. The third kappa shape index (κ3) is 6.18. The van der Waals surface area contributed by atoms with Gasteiger partial charge in [-0.3, -0.25) is 4.79 Å². The molecule has 4 aromatic rings. The van der Waals surface area contributed by atoms with Gasteiger partial charge in [0.15, 0.2) is 0 Å². The second kappa shape index (κ2) is 11.5. The first-order valence-corrected chi connectivity index (χ1v) is 15.7. The second-order valence-corrected chi connectivity index (χ2v) is 12.8. The molecule has 0 radical (unpaired) electrons. The van der Waals surface area contributed by atoms with E-state index in [1.807, 2.05) is 48.5 Å². The van der Waals surface area contributed by atoms with Gasteiger partial charge in [-0.1, -0.05) is 17.3 Å². The predicted octanol–water partition coefficient (Wildman–Crippen LogP) is 2.86. The molecule has 2 aliphatic rings. The number of piperidine rings is 1. The molecule has 0 atom stereocenters. The molecule has 214 valence electrons. The van der Waals surface area contributed by atoms with Crippen LogP contribution >= 0.6 is 0 Å². The van der Waals surface area contributed by atoms with Crippen LogP contribution in [0.4, 0.5) is 11.4 Å². The largest absolute Gasteiger partial charge is 0.378 e. The number of benzene rings is 2. The zero-order valence-corrected chi connectivity index (χ0v) is 23.7. The number of ether oxygens (including phenoxy) is 1. The summed E-state index contributed by atoms with van der Waals surface area (Å²) in [6.45, 7) is 4.78. The number of rotatable bonds is 7. The Morgan fingerprint density at radius 2 is 1.63 bits per heavy atom. The van der Waals surface area contributed by atoms with Gasteiger partial charge in [0.2, 0.25) is 5.82 Å². The van der Waals surface area contributed by atoms with Crippen LogP contribution in [-0.2, 0) is 21.1 Å². The van der Waals surface area contributed by atoms with Crippen LogP contribution in [0, 0.1) is 0 Å². The minimum Gasteiger partial charge on any atom is -0.378 e. The van der Waals surface area contributed by atoms with Gasteiger partial charge in [0.05, 0.1) is 25.0 Å². The van der Waals surface area contributed by atoms with E-state index < -0.39 is 9.84 Å². The maximum Gasteiger partial charge on any atom is 0.278 e. The van der Waals surface area contributed by atoms with Crippen molar-refractivity contribution in [3.8, 4) is 23.0 Å². The van der Waals surface area contributed by atoms with Crippen LogP contribution in [0.15, 0.2) is 70.0 Å². The zero-order chi connectivity index (χ0) is 28.4. The maximum absolute atomic E-state index is 12.7. The Morgan fingerprint density at radius 3 is 2.37 bits per heavy atom. The molecule has 12 heteroatoms. The summed E-state index contributed by atoms with van der Waals surface area (Å²) < 4.78 is 36.1. The molecule has 0 N–H and O–H groups in total. The van der Waals surface area contributed by atoms with Crippen LogP contribution in [0.1, 0.15) is 18.4 Å². The van der Waals surface area contributed by atoms with Crippen molar-refractivity contribution >= 4 is 21.2 Å². The molecule has 0 aliphatic carbocycles. The molecular weight excluding hydrogens is 544 g/mol. The lowest BCUT2D eigenvalue weighted by atomic mass is 10.1. The van der Waals surface area contributed by atoms with E-state index in [0.717, 1.165) is 48.8 Å². The minimum absolute atomic E-state index is 0.230. The molecule has 41 heavy (non-hydrogen) atoms. The second-order valence-electron chi connectivity index (χ2n) is 10.5. The molecular formula is C29H32N6O5S. The van der Waals surface area contributed by atoms with E-state index in [1.54, 1.807) is 6.07 Å². The number of morpholine rings is 1. The monoisotopic (exact) mass is 576 g/mol. The molecule has 0 unspecified atom stereocenters. The molecule has 2 saturated heterocycles. The Hall–Kier alpha value is -4.03. The van der Waals surface area contributed by atoms with Crippen LogP contribution in [0.5, 0.6) is 0 Å². The first kappa shape index (κ1) is 27.2. The van der Waals surface area contributed by atoms with Crippen molar-refractivity contribution in [3.63, 3.8) is 0 Å². The summed E-state index contributed by atoms with van der Waals surface area (Å²) in [5.74, 6) is 0.675. The van der Waals surface area contributed by atoms with Crippen LogP contribution in [0.25, 0.3) is 23.0 Å². The maximum atomic E-state index is 12.7. The molecule has 2 aromatic carbocycles. The lowest BCUT2D eigenvalue weighted by molar-refractivity contribution is 0.122. The van der Waals surface area contributed by atoms with E-state index in [1.165, 1.54) is 17.0 Å². The Labute approximate surface area is 238 Å². The summed E-state index contributed by atoms with van der Waals surface area (Å²) in [5, 5.41) is 8.36. The van der Waals surface area contributed by atoms with Crippen molar-refractivity contribution in [1.82, 2.24) is 19.9 Å². The number of aromatic nitrogens is 4. The van der Waals surface area contributed by atoms with Crippen LogP contribution in [0.2, 0.25) is 0 Å². The van der Waals surface area contributed by atoms with Crippen LogP contribution in [0.3, 0.4) is 0 Å². The zero-order valence-electron chi connectivity index (χ0n) is 22.8. The molecule has 0 bridgehead atoms. The molecule has 2 aliphatic heterocycles. The van der Waals surface area contributed by atoms with Gasteiger partial charge in [-0.25, -0.2) is 13.1 Å². The van der Waals surface area contributed by atoms with Crippen molar-refractivity contribution in [3.05, 3.63) is 76.6 Å². The van der Waals surface area contributed by atoms with Gasteiger partial charge in [0.1, 0.15) is 15.5 Å². The van der Waals surface area contributed by atoms with E-state index in [4.69, 9.17) is 9.26 Å². The quantitative estimate of drug-likeness (QED) is 0.324. The Bertz CT molecular complexity index is 1670. The number of hydrogen-bond acceptors (Lipinski definition) is 10. The average molecular weight is 577 g/mol. The highest BCUT2D eigenvalue weighted by Crippen LogP contribution is 2.26. The number of hydrogen-bond donors (Lipinski definition) is 0. The summed E-state index contributed by atoms with van der Waals surface area (Å²) in [7, 11) is -3.03. The van der Waals surface area contributed by atoms with E-state index >= 15 is 0 Å². The smallest absolute Gasteiger partial charge is 0.278 e. The third-order valence-electron chi connectivity index (χ3n) is 7.67. The van der Waals surface area contributed by atoms with Crippen LogP contribution < -0.4 is 15.4 Å². The highest BCUT2D eigenvalue weighted by atomic mass is 32.2. The number of sulfone groups is 1. The molecule has 11 nitrogen and oxygen atoms in total. The van der Waals surface area contributed by atoms with Gasteiger partial charge >= 0.3 is 0 Å². The molecule has 6 rings (SSSR count). The van der Waals surface area contributed by atoms with Crippen molar-refractivity contribution < 1.29 is 17.7 Å². The molecule has 2 aromatic heterocycles. The topological polar surface area (TPSA) is 124 Å². The van der Waals surface area contributed by atoms with Crippen molar-refractivity contribution in [1.29, 1.82) is 0 Å². The van der Waals surface area contributed by atoms with Gasteiger partial charge in [-0.15, -0.1) is 0 Å². The van der Waals surface area contributed by atoms with E-state index in [-0.39, 0.29) is 23.2 Å². The lowest BCUT2D eigenvalue weighted by Gasteiger charge is -2.33. The fraction of sp³-hybridized carbons (Fsp3) is 0.379. The summed E-state index contributed by atoms with van der Waals surface area (Å²) in [6.07, 6.45) is 2.53. The predicted molar refractivity (Wildman–Crippen MR) is 156 cm³/mol.